The second kappa shape index (κ2) is 8.46. The lowest BCUT2D eigenvalue weighted by Gasteiger charge is -2.16. The highest BCUT2D eigenvalue weighted by atomic mass is 16.6. The highest BCUT2D eigenvalue weighted by Gasteiger charge is 2.25. The van der Waals surface area contributed by atoms with Gasteiger partial charge >= 0.3 is 0 Å². The Hall–Kier alpha value is -3.16. The molecule has 4 rings (SSSR count). The minimum Gasteiger partial charge on any atom is -0.474 e. The highest BCUT2D eigenvalue weighted by Crippen LogP contribution is 2.29. The molecule has 2 saturated carbocycles. The van der Waals surface area contributed by atoms with Crippen LogP contribution in [0.4, 0.5) is 11.4 Å². The van der Waals surface area contributed by atoms with Crippen molar-refractivity contribution in [1.82, 2.24) is 10.3 Å². The van der Waals surface area contributed by atoms with Gasteiger partial charge in [0.15, 0.2) is 0 Å². The van der Waals surface area contributed by atoms with Gasteiger partial charge in [-0.15, -0.1) is 0 Å². The third-order valence-electron chi connectivity index (χ3n) is 5.27. The molecule has 1 aromatic heterocycles. The van der Waals surface area contributed by atoms with Gasteiger partial charge in [-0.3, -0.25) is 14.9 Å². The largest absolute Gasteiger partial charge is 0.474 e. The number of pyridine rings is 1. The lowest BCUT2D eigenvalue weighted by molar-refractivity contribution is -0.384. The zero-order valence-corrected chi connectivity index (χ0v) is 16.1. The molecule has 2 N–H and O–H groups in total. The van der Waals surface area contributed by atoms with Crippen molar-refractivity contribution in [2.75, 3.05) is 5.32 Å². The number of nitrogens with one attached hydrogen (secondary N) is 2. The first-order valence-electron chi connectivity index (χ1n) is 10.0. The maximum Gasteiger partial charge on any atom is 0.293 e. The maximum absolute atomic E-state index is 12.2. The zero-order valence-electron chi connectivity index (χ0n) is 16.1. The monoisotopic (exact) mass is 396 g/mol. The Labute approximate surface area is 168 Å². The number of nitro groups is 1. The molecule has 0 spiro atoms. The molecule has 2 fully saturated rings. The minimum atomic E-state index is -0.477. The lowest BCUT2D eigenvalue weighted by Crippen LogP contribution is -2.25. The first-order chi connectivity index (χ1) is 14.1. The number of nitro benzene ring substituents is 1. The number of hydrogen-bond acceptors (Lipinski definition) is 6. The number of rotatable bonds is 8. The van der Waals surface area contributed by atoms with Gasteiger partial charge in [0.25, 0.3) is 11.6 Å². The van der Waals surface area contributed by atoms with Crippen LogP contribution in [0, 0.1) is 10.1 Å². The van der Waals surface area contributed by atoms with Gasteiger partial charge in [0, 0.05) is 36.0 Å². The molecular formula is C21H24N4O4. The third kappa shape index (κ3) is 4.82. The van der Waals surface area contributed by atoms with Crippen LogP contribution in [-0.4, -0.2) is 28.0 Å². The first kappa shape index (κ1) is 19.2. The quantitative estimate of drug-likeness (QED) is 0.519. The van der Waals surface area contributed by atoms with E-state index >= 15 is 0 Å². The molecule has 0 aliphatic heterocycles. The topological polar surface area (TPSA) is 106 Å². The first-order valence-corrected chi connectivity index (χ1v) is 10.0. The van der Waals surface area contributed by atoms with Crippen molar-refractivity contribution in [3.8, 4) is 5.88 Å². The number of carbonyl (C=O) groups excluding carboxylic acids is 1. The second-order valence-electron chi connectivity index (χ2n) is 7.58. The number of carbonyl (C=O) groups is 1. The van der Waals surface area contributed by atoms with E-state index in [9.17, 15) is 14.9 Å². The third-order valence-corrected chi connectivity index (χ3v) is 5.27. The predicted octanol–water partition coefficient (Wildman–Crippen LogP) is 3.82. The summed E-state index contributed by atoms with van der Waals surface area (Å²) in [5.74, 6) is 0.289. The van der Waals surface area contributed by atoms with E-state index in [1.807, 2.05) is 12.1 Å². The summed E-state index contributed by atoms with van der Waals surface area (Å²) in [7, 11) is 0. The van der Waals surface area contributed by atoms with Crippen molar-refractivity contribution in [3.63, 3.8) is 0 Å². The van der Waals surface area contributed by atoms with Gasteiger partial charge in [0.2, 0.25) is 5.88 Å². The van der Waals surface area contributed by atoms with Gasteiger partial charge in [-0.2, -0.15) is 0 Å². The summed E-state index contributed by atoms with van der Waals surface area (Å²) in [5, 5.41) is 17.5. The molecule has 29 heavy (non-hydrogen) atoms. The lowest BCUT2D eigenvalue weighted by atomic mass is 10.1. The molecule has 2 aliphatic carbocycles. The van der Waals surface area contributed by atoms with Gasteiger partial charge in [0.1, 0.15) is 11.8 Å². The Morgan fingerprint density at radius 1 is 1.21 bits per heavy atom. The molecule has 2 aliphatic rings. The average molecular weight is 396 g/mol. The van der Waals surface area contributed by atoms with Crippen LogP contribution in [0.3, 0.4) is 0 Å². The predicted molar refractivity (Wildman–Crippen MR) is 108 cm³/mol. The summed E-state index contributed by atoms with van der Waals surface area (Å²) >= 11 is 0. The van der Waals surface area contributed by atoms with Gasteiger partial charge in [-0.1, -0.05) is 6.07 Å². The summed E-state index contributed by atoms with van der Waals surface area (Å²) < 4.78 is 6.03. The van der Waals surface area contributed by atoms with Gasteiger partial charge in [-0.25, -0.2) is 4.98 Å². The SMILES string of the molecule is O=C(NC1CC1)c1ccc(NCc2cccnc2OC2CCCC2)c([N+](=O)[O-])c1. The molecular weight excluding hydrogens is 372 g/mol. The fourth-order valence-electron chi connectivity index (χ4n) is 3.49. The van der Waals surface area contributed by atoms with E-state index in [4.69, 9.17) is 4.74 Å². The number of benzene rings is 1. The normalized spacial score (nSPS) is 16.4. The maximum atomic E-state index is 12.2. The average Bonchev–Trinajstić information content (AvgIpc) is 3.39. The van der Waals surface area contributed by atoms with Gasteiger partial charge in [0.05, 0.1) is 4.92 Å². The van der Waals surface area contributed by atoms with Crippen LogP contribution in [0.2, 0.25) is 0 Å². The van der Waals surface area contributed by atoms with Crippen LogP contribution in [-0.2, 0) is 6.54 Å². The minimum absolute atomic E-state index is 0.129. The van der Waals surface area contributed by atoms with Crippen LogP contribution in [0.25, 0.3) is 0 Å². The van der Waals surface area contributed by atoms with E-state index in [1.54, 1.807) is 18.3 Å². The molecule has 8 nitrogen and oxygen atoms in total. The van der Waals surface area contributed by atoms with Crippen molar-refractivity contribution >= 4 is 17.3 Å². The fourth-order valence-corrected chi connectivity index (χ4v) is 3.49. The van der Waals surface area contributed by atoms with E-state index in [-0.39, 0.29) is 23.7 Å². The summed E-state index contributed by atoms with van der Waals surface area (Å²) in [4.78, 5) is 27.6. The van der Waals surface area contributed by atoms with Crippen LogP contribution < -0.4 is 15.4 Å². The zero-order chi connectivity index (χ0) is 20.2. The van der Waals surface area contributed by atoms with E-state index in [0.29, 0.717) is 23.7 Å². The van der Waals surface area contributed by atoms with Crippen LogP contribution in [0.15, 0.2) is 36.5 Å². The number of aromatic nitrogens is 1. The van der Waals surface area contributed by atoms with Crippen LogP contribution in [0.5, 0.6) is 5.88 Å². The molecule has 1 aromatic carbocycles. The van der Waals surface area contributed by atoms with E-state index < -0.39 is 4.92 Å². The molecule has 1 amide bonds. The molecule has 1 heterocycles. The number of amides is 1. The van der Waals surface area contributed by atoms with Crippen LogP contribution >= 0.6 is 0 Å². The molecule has 0 saturated heterocycles. The Bertz CT molecular complexity index is 907. The number of nitrogens with zero attached hydrogens (tertiary/aromatic N) is 2. The molecule has 0 atom stereocenters. The molecule has 2 aromatic rings. The summed E-state index contributed by atoms with van der Waals surface area (Å²) in [6.07, 6.45) is 8.17. The highest BCUT2D eigenvalue weighted by molar-refractivity contribution is 5.96. The number of anilines is 1. The van der Waals surface area contributed by atoms with Crippen molar-refractivity contribution < 1.29 is 14.5 Å². The van der Waals surface area contributed by atoms with Crippen molar-refractivity contribution in [1.29, 1.82) is 0 Å². The molecule has 0 radical (unpaired) electrons. The van der Waals surface area contributed by atoms with Crippen LogP contribution in [0.1, 0.15) is 54.4 Å². The number of ether oxygens (including phenoxy) is 1. The standard InChI is InChI=1S/C21H24N4O4/c26-20(24-16-8-9-16)14-7-10-18(19(12-14)25(27)28)23-13-15-4-3-11-22-21(15)29-17-5-1-2-6-17/h3-4,7,10-12,16-17,23H,1-2,5-6,8-9,13H2,(H,24,26). The second-order valence-corrected chi connectivity index (χ2v) is 7.58. The van der Waals surface area contributed by atoms with Gasteiger partial charge in [-0.05, 0) is 56.7 Å². The Morgan fingerprint density at radius 2 is 2.00 bits per heavy atom. The van der Waals surface area contributed by atoms with Crippen molar-refractivity contribution in [2.24, 2.45) is 0 Å². The Balaban J connectivity index is 1.47. The van der Waals surface area contributed by atoms with Gasteiger partial charge < -0.3 is 15.4 Å². The smallest absolute Gasteiger partial charge is 0.293 e. The van der Waals surface area contributed by atoms with E-state index in [2.05, 4.69) is 15.6 Å². The van der Waals surface area contributed by atoms with Crippen molar-refractivity contribution in [2.45, 2.75) is 57.2 Å². The van der Waals surface area contributed by atoms with E-state index in [0.717, 1.165) is 44.1 Å². The number of hydrogen-bond donors (Lipinski definition) is 2. The molecule has 152 valence electrons. The molecule has 0 bridgehead atoms. The Morgan fingerprint density at radius 3 is 2.72 bits per heavy atom. The fraction of sp³-hybridized carbons (Fsp3) is 0.429. The summed E-state index contributed by atoms with van der Waals surface area (Å²) in [6.45, 7) is 0.338. The summed E-state index contributed by atoms with van der Waals surface area (Å²) in [6, 6.07) is 8.41. The molecule has 8 heteroatoms. The summed E-state index contributed by atoms with van der Waals surface area (Å²) in [5.41, 5.74) is 1.36. The van der Waals surface area contributed by atoms with Crippen molar-refractivity contribution in [3.05, 3.63) is 57.8 Å². The molecule has 0 unspecified atom stereocenters. The Kier molecular flexibility index (Phi) is 5.59. The van der Waals surface area contributed by atoms with E-state index in [1.165, 1.54) is 6.07 Å².